The summed E-state index contributed by atoms with van der Waals surface area (Å²) >= 11 is 0. The maximum absolute atomic E-state index is 13.5. The molecule has 0 spiro atoms. The Kier molecular flexibility index (Phi) is 3.50. The highest BCUT2D eigenvalue weighted by Gasteiger charge is 2.17. The Morgan fingerprint density at radius 3 is 2.84 bits per heavy atom. The third kappa shape index (κ3) is 2.73. The molecular weight excluding hydrogens is 249 g/mol. The van der Waals surface area contributed by atoms with Crippen LogP contribution in [0, 0.1) is 5.82 Å². The van der Waals surface area contributed by atoms with E-state index < -0.39 is 11.8 Å². The second kappa shape index (κ2) is 5.09. The minimum absolute atomic E-state index is 0.173. The summed E-state index contributed by atoms with van der Waals surface area (Å²) in [6.45, 7) is 1.85. The number of aromatic carboxylic acids is 1. The van der Waals surface area contributed by atoms with Crippen molar-refractivity contribution in [2.75, 3.05) is 5.32 Å². The molecule has 6 heteroatoms. The molecular formula is C13H14FN3O2. The van der Waals surface area contributed by atoms with E-state index in [0.717, 1.165) is 11.6 Å². The van der Waals surface area contributed by atoms with E-state index in [4.69, 9.17) is 5.11 Å². The van der Waals surface area contributed by atoms with Crippen LogP contribution in [-0.2, 0) is 7.05 Å². The molecule has 1 atom stereocenters. The van der Waals surface area contributed by atoms with E-state index in [-0.39, 0.29) is 17.3 Å². The topological polar surface area (TPSA) is 67.2 Å². The highest BCUT2D eigenvalue weighted by atomic mass is 19.1. The highest BCUT2D eigenvalue weighted by molar-refractivity contribution is 5.94. The van der Waals surface area contributed by atoms with Gasteiger partial charge < -0.3 is 10.4 Å². The number of rotatable bonds is 4. The summed E-state index contributed by atoms with van der Waals surface area (Å²) < 4.78 is 15.2. The summed E-state index contributed by atoms with van der Waals surface area (Å²) in [6, 6.07) is 3.97. The molecule has 0 aliphatic carbocycles. The van der Waals surface area contributed by atoms with Crippen LogP contribution in [0.5, 0.6) is 0 Å². The van der Waals surface area contributed by atoms with Gasteiger partial charge >= 0.3 is 5.97 Å². The van der Waals surface area contributed by atoms with E-state index in [0.29, 0.717) is 0 Å². The van der Waals surface area contributed by atoms with Gasteiger partial charge in [0, 0.05) is 18.8 Å². The lowest BCUT2D eigenvalue weighted by molar-refractivity contribution is 0.0693. The van der Waals surface area contributed by atoms with Crippen molar-refractivity contribution in [2.24, 2.45) is 7.05 Å². The van der Waals surface area contributed by atoms with Crippen LogP contribution in [0.3, 0.4) is 0 Å². The van der Waals surface area contributed by atoms with E-state index in [9.17, 15) is 9.18 Å². The lowest BCUT2D eigenvalue weighted by Gasteiger charge is -2.15. The Morgan fingerprint density at radius 1 is 1.53 bits per heavy atom. The zero-order chi connectivity index (χ0) is 14.0. The largest absolute Gasteiger partial charge is 0.478 e. The Balaban J connectivity index is 2.28. The van der Waals surface area contributed by atoms with Gasteiger partial charge in [0.25, 0.3) is 0 Å². The van der Waals surface area contributed by atoms with E-state index in [2.05, 4.69) is 10.4 Å². The Hall–Kier alpha value is -2.37. The van der Waals surface area contributed by atoms with E-state index in [1.165, 1.54) is 6.07 Å². The molecule has 2 N–H and O–H groups in total. The Morgan fingerprint density at radius 2 is 2.26 bits per heavy atom. The molecule has 19 heavy (non-hydrogen) atoms. The number of nitrogens with zero attached hydrogens (tertiary/aromatic N) is 2. The van der Waals surface area contributed by atoms with Crippen molar-refractivity contribution in [1.82, 2.24) is 9.78 Å². The van der Waals surface area contributed by atoms with Crippen molar-refractivity contribution < 1.29 is 14.3 Å². The fraction of sp³-hybridized carbons (Fsp3) is 0.231. The van der Waals surface area contributed by atoms with Crippen LogP contribution in [-0.4, -0.2) is 20.9 Å². The number of carboxylic acids is 1. The number of carbonyl (C=O) groups is 1. The van der Waals surface area contributed by atoms with Crippen LogP contribution in [0.15, 0.2) is 30.6 Å². The van der Waals surface area contributed by atoms with Crippen molar-refractivity contribution in [3.8, 4) is 0 Å². The van der Waals surface area contributed by atoms with Gasteiger partial charge in [-0.1, -0.05) is 6.07 Å². The molecule has 1 aromatic heterocycles. The number of benzene rings is 1. The first-order valence-corrected chi connectivity index (χ1v) is 5.76. The number of aromatic nitrogens is 2. The van der Waals surface area contributed by atoms with Gasteiger partial charge in [-0.05, 0) is 19.1 Å². The average molecular weight is 263 g/mol. The molecule has 0 radical (unpaired) electrons. The molecule has 1 unspecified atom stereocenters. The van der Waals surface area contributed by atoms with Crippen LogP contribution in [0.2, 0.25) is 0 Å². The molecule has 0 saturated carbocycles. The molecule has 1 heterocycles. The lowest BCUT2D eigenvalue weighted by atomic mass is 10.1. The van der Waals surface area contributed by atoms with Gasteiger partial charge in [0.1, 0.15) is 11.4 Å². The third-order valence-electron chi connectivity index (χ3n) is 2.82. The van der Waals surface area contributed by atoms with Crippen LogP contribution in [0.1, 0.15) is 28.9 Å². The van der Waals surface area contributed by atoms with Gasteiger partial charge in [0.05, 0.1) is 17.9 Å². The zero-order valence-corrected chi connectivity index (χ0v) is 10.6. The second-order valence-electron chi connectivity index (χ2n) is 4.28. The van der Waals surface area contributed by atoms with Crippen molar-refractivity contribution >= 4 is 11.7 Å². The fourth-order valence-electron chi connectivity index (χ4n) is 1.84. The van der Waals surface area contributed by atoms with Gasteiger partial charge in [0.15, 0.2) is 0 Å². The molecule has 0 amide bonds. The minimum atomic E-state index is -1.29. The number of hydrogen-bond acceptors (Lipinski definition) is 3. The Labute approximate surface area is 109 Å². The summed E-state index contributed by atoms with van der Waals surface area (Å²) in [5.74, 6) is -2.05. The quantitative estimate of drug-likeness (QED) is 0.889. The summed E-state index contributed by atoms with van der Waals surface area (Å²) in [4.78, 5) is 11.1. The summed E-state index contributed by atoms with van der Waals surface area (Å²) in [7, 11) is 1.79. The SMILES string of the molecule is CC(Nc1cccc(F)c1C(=O)O)c1cnn(C)c1. The van der Waals surface area contributed by atoms with Gasteiger partial charge in [0.2, 0.25) is 0 Å². The van der Waals surface area contributed by atoms with Crippen LogP contribution >= 0.6 is 0 Å². The summed E-state index contributed by atoms with van der Waals surface area (Å²) in [5.41, 5.74) is 0.796. The van der Waals surface area contributed by atoms with Crippen LogP contribution in [0.4, 0.5) is 10.1 Å². The average Bonchev–Trinajstić information content (AvgIpc) is 2.75. The molecule has 0 bridgehead atoms. The number of hydrogen-bond donors (Lipinski definition) is 2. The monoisotopic (exact) mass is 263 g/mol. The van der Waals surface area contributed by atoms with Crippen molar-refractivity contribution in [3.63, 3.8) is 0 Å². The molecule has 1 aromatic carbocycles. The second-order valence-corrected chi connectivity index (χ2v) is 4.28. The first kappa shape index (κ1) is 13.1. The van der Waals surface area contributed by atoms with Crippen molar-refractivity contribution in [2.45, 2.75) is 13.0 Å². The highest BCUT2D eigenvalue weighted by Crippen LogP contribution is 2.24. The molecule has 0 aliphatic heterocycles. The van der Waals surface area contributed by atoms with Crippen molar-refractivity contribution in [3.05, 3.63) is 47.5 Å². The predicted molar refractivity (Wildman–Crippen MR) is 68.6 cm³/mol. The molecule has 0 saturated heterocycles. The van der Waals surface area contributed by atoms with E-state index in [1.54, 1.807) is 24.0 Å². The maximum Gasteiger partial charge on any atom is 0.340 e. The van der Waals surface area contributed by atoms with Crippen LogP contribution < -0.4 is 5.32 Å². The van der Waals surface area contributed by atoms with Crippen molar-refractivity contribution in [1.29, 1.82) is 0 Å². The van der Waals surface area contributed by atoms with Gasteiger partial charge in [-0.15, -0.1) is 0 Å². The van der Waals surface area contributed by atoms with Gasteiger partial charge in [-0.25, -0.2) is 9.18 Å². The molecule has 0 fully saturated rings. The summed E-state index contributed by atoms with van der Waals surface area (Å²) in [5, 5.41) is 16.1. The van der Waals surface area contributed by atoms with Gasteiger partial charge in [-0.2, -0.15) is 5.10 Å². The number of carboxylic acid groups (broad SMARTS) is 1. The number of anilines is 1. The van der Waals surface area contributed by atoms with Gasteiger partial charge in [-0.3, -0.25) is 4.68 Å². The Bertz CT molecular complexity index is 610. The number of halogens is 1. The normalized spacial score (nSPS) is 12.2. The van der Waals surface area contributed by atoms with E-state index >= 15 is 0 Å². The first-order valence-electron chi connectivity index (χ1n) is 5.76. The maximum atomic E-state index is 13.5. The van der Waals surface area contributed by atoms with Crippen LogP contribution in [0.25, 0.3) is 0 Å². The smallest absolute Gasteiger partial charge is 0.340 e. The third-order valence-corrected chi connectivity index (χ3v) is 2.82. The molecule has 0 aliphatic rings. The lowest BCUT2D eigenvalue weighted by Crippen LogP contribution is -2.11. The molecule has 100 valence electrons. The van der Waals surface area contributed by atoms with E-state index in [1.807, 2.05) is 13.1 Å². The standard InChI is InChI=1S/C13H14FN3O2/c1-8(9-6-15-17(2)7-9)16-11-5-3-4-10(14)12(11)13(18)19/h3-8,16H,1-2H3,(H,18,19). The predicted octanol–water partition coefficient (Wildman–Crippen LogP) is 2.43. The molecule has 2 rings (SSSR count). The fourth-order valence-corrected chi connectivity index (χ4v) is 1.84. The molecule has 5 nitrogen and oxygen atoms in total. The number of aryl methyl sites for hydroxylation is 1. The zero-order valence-electron chi connectivity index (χ0n) is 10.6. The summed E-state index contributed by atoms with van der Waals surface area (Å²) in [6.07, 6.45) is 3.49. The first-order chi connectivity index (χ1) is 8.99. The molecule has 2 aromatic rings. The minimum Gasteiger partial charge on any atom is -0.478 e. The number of nitrogens with one attached hydrogen (secondary N) is 1.